The van der Waals surface area contributed by atoms with E-state index in [0.29, 0.717) is 22.9 Å². The topological polar surface area (TPSA) is 94.3 Å². The maximum atomic E-state index is 12.4. The summed E-state index contributed by atoms with van der Waals surface area (Å²) in [4.78, 5) is 24.7. The zero-order valence-corrected chi connectivity index (χ0v) is 18.2. The molecule has 2 aromatic carbocycles. The van der Waals surface area contributed by atoms with E-state index in [1.54, 1.807) is 24.3 Å². The number of aromatic nitrogens is 2. The van der Waals surface area contributed by atoms with E-state index in [4.69, 9.17) is 9.15 Å². The summed E-state index contributed by atoms with van der Waals surface area (Å²) < 4.78 is 10.3. The lowest BCUT2D eigenvalue weighted by molar-refractivity contribution is -0.125. The Kier molecular flexibility index (Phi) is 7.18. The first kappa shape index (κ1) is 22.2. The third-order valence-corrected chi connectivity index (χ3v) is 5.01. The second-order valence-electron chi connectivity index (χ2n) is 8.01. The van der Waals surface area contributed by atoms with E-state index < -0.39 is 5.97 Å². The number of nitrogens with zero attached hydrogens (tertiary/aromatic N) is 2. The average Bonchev–Trinajstić information content (AvgIpc) is 3.31. The van der Waals surface area contributed by atoms with Gasteiger partial charge in [0, 0.05) is 5.56 Å². The van der Waals surface area contributed by atoms with Crippen LogP contribution in [-0.2, 0) is 9.53 Å². The van der Waals surface area contributed by atoms with Gasteiger partial charge in [0.05, 0.1) is 11.6 Å². The molecule has 0 radical (unpaired) electrons. The van der Waals surface area contributed by atoms with Crippen molar-refractivity contribution in [3.63, 3.8) is 0 Å². The van der Waals surface area contributed by atoms with Gasteiger partial charge in [0.2, 0.25) is 12.3 Å². The number of hydrogen-bond donors (Lipinski definition) is 1. The molecule has 3 rings (SSSR count). The largest absolute Gasteiger partial charge is 0.452 e. The Morgan fingerprint density at radius 2 is 1.61 bits per heavy atom. The molecule has 3 aromatic rings. The molecule has 1 amide bonds. The molecule has 0 aliphatic rings. The SMILES string of the molecule is CC(C)c1ccc([C@@H](NC(=O)COC(=O)c2ccc(-c3nnco3)cc2)C(C)C)cc1. The van der Waals surface area contributed by atoms with Crippen molar-refractivity contribution in [2.45, 2.75) is 39.7 Å². The van der Waals surface area contributed by atoms with Gasteiger partial charge < -0.3 is 14.5 Å². The summed E-state index contributed by atoms with van der Waals surface area (Å²) in [5, 5.41) is 10.4. The van der Waals surface area contributed by atoms with E-state index in [2.05, 4.69) is 41.5 Å². The predicted octanol–water partition coefficient (Wildman–Crippen LogP) is 4.53. The van der Waals surface area contributed by atoms with Crippen molar-refractivity contribution in [2.24, 2.45) is 5.92 Å². The van der Waals surface area contributed by atoms with Crippen molar-refractivity contribution in [1.29, 1.82) is 0 Å². The highest BCUT2D eigenvalue weighted by molar-refractivity contribution is 5.91. The molecule has 0 saturated heterocycles. The van der Waals surface area contributed by atoms with Crippen LogP contribution in [0.1, 0.15) is 61.1 Å². The number of amides is 1. The first-order chi connectivity index (χ1) is 14.8. The fourth-order valence-electron chi connectivity index (χ4n) is 3.20. The van der Waals surface area contributed by atoms with Gasteiger partial charge in [-0.1, -0.05) is 52.0 Å². The fourth-order valence-corrected chi connectivity index (χ4v) is 3.20. The molecule has 7 nitrogen and oxygen atoms in total. The van der Waals surface area contributed by atoms with E-state index in [1.807, 2.05) is 26.0 Å². The number of ether oxygens (including phenoxy) is 1. The molecule has 0 saturated carbocycles. The van der Waals surface area contributed by atoms with Crippen LogP contribution < -0.4 is 5.32 Å². The Bertz CT molecular complexity index is 994. The monoisotopic (exact) mass is 421 g/mol. The Morgan fingerprint density at radius 3 is 2.16 bits per heavy atom. The van der Waals surface area contributed by atoms with Crippen LogP contribution in [0.15, 0.2) is 59.3 Å². The molecule has 0 fully saturated rings. The summed E-state index contributed by atoms with van der Waals surface area (Å²) in [6.45, 7) is 8.02. The molecule has 162 valence electrons. The number of benzene rings is 2. The molecule has 0 spiro atoms. The molecule has 7 heteroatoms. The molecule has 0 aliphatic carbocycles. The molecule has 0 unspecified atom stereocenters. The minimum absolute atomic E-state index is 0.166. The lowest BCUT2D eigenvalue weighted by Crippen LogP contribution is -2.35. The summed E-state index contributed by atoms with van der Waals surface area (Å²) in [6.07, 6.45) is 1.24. The Labute approximate surface area is 181 Å². The predicted molar refractivity (Wildman–Crippen MR) is 116 cm³/mol. The number of carbonyl (C=O) groups is 2. The van der Waals surface area contributed by atoms with Gasteiger partial charge in [-0.3, -0.25) is 4.79 Å². The van der Waals surface area contributed by atoms with Crippen LogP contribution in [0.4, 0.5) is 0 Å². The Morgan fingerprint density at radius 1 is 0.968 bits per heavy atom. The van der Waals surface area contributed by atoms with E-state index >= 15 is 0 Å². The molecule has 1 heterocycles. The maximum absolute atomic E-state index is 12.4. The number of rotatable bonds is 8. The minimum atomic E-state index is -0.574. The van der Waals surface area contributed by atoms with Crippen LogP contribution in [0.2, 0.25) is 0 Å². The average molecular weight is 421 g/mol. The number of nitrogens with one attached hydrogen (secondary N) is 1. The van der Waals surface area contributed by atoms with Crippen molar-refractivity contribution in [3.8, 4) is 11.5 Å². The summed E-state index contributed by atoms with van der Waals surface area (Å²) in [6, 6.07) is 14.6. The minimum Gasteiger partial charge on any atom is -0.452 e. The molecule has 1 atom stereocenters. The molecule has 1 N–H and O–H groups in total. The van der Waals surface area contributed by atoms with Gasteiger partial charge in [-0.05, 0) is 47.2 Å². The van der Waals surface area contributed by atoms with E-state index in [1.165, 1.54) is 12.0 Å². The molecule has 1 aromatic heterocycles. The number of hydrogen-bond acceptors (Lipinski definition) is 6. The number of carbonyl (C=O) groups excluding carboxylic acids is 2. The molecule has 0 aliphatic heterocycles. The highest BCUT2D eigenvalue weighted by Crippen LogP contribution is 2.24. The zero-order valence-electron chi connectivity index (χ0n) is 18.2. The summed E-state index contributed by atoms with van der Waals surface area (Å²) in [7, 11) is 0. The van der Waals surface area contributed by atoms with Gasteiger partial charge in [-0.25, -0.2) is 4.79 Å². The van der Waals surface area contributed by atoms with E-state index in [0.717, 1.165) is 5.56 Å². The van der Waals surface area contributed by atoms with Crippen LogP contribution in [0, 0.1) is 5.92 Å². The van der Waals surface area contributed by atoms with Gasteiger partial charge in [-0.15, -0.1) is 10.2 Å². The smallest absolute Gasteiger partial charge is 0.338 e. The van der Waals surface area contributed by atoms with Crippen molar-refractivity contribution in [2.75, 3.05) is 6.61 Å². The third-order valence-electron chi connectivity index (χ3n) is 5.01. The molecule has 0 bridgehead atoms. The summed E-state index contributed by atoms with van der Waals surface area (Å²) >= 11 is 0. The highest BCUT2D eigenvalue weighted by atomic mass is 16.5. The Balaban J connectivity index is 1.56. The molecule has 31 heavy (non-hydrogen) atoms. The first-order valence-electron chi connectivity index (χ1n) is 10.3. The lowest BCUT2D eigenvalue weighted by atomic mass is 9.93. The van der Waals surface area contributed by atoms with Crippen LogP contribution in [0.3, 0.4) is 0 Å². The third kappa shape index (κ3) is 5.78. The van der Waals surface area contributed by atoms with Crippen molar-refractivity contribution in [3.05, 3.63) is 71.6 Å². The second-order valence-corrected chi connectivity index (χ2v) is 8.01. The normalized spacial score (nSPS) is 12.1. The lowest BCUT2D eigenvalue weighted by Gasteiger charge is -2.23. The second kappa shape index (κ2) is 10.0. The Hall–Kier alpha value is -3.48. The quantitative estimate of drug-likeness (QED) is 0.537. The van der Waals surface area contributed by atoms with Gasteiger partial charge in [-0.2, -0.15) is 0 Å². The van der Waals surface area contributed by atoms with Crippen molar-refractivity contribution in [1.82, 2.24) is 15.5 Å². The van der Waals surface area contributed by atoms with Gasteiger partial charge in [0.1, 0.15) is 0 Å². The van der Waals surface area contributed by atoms with E-state index in [9.17, 15) is 9.59 Å². The van der Waals surface area contributed by atoms with Crippen LogP contribution in [0.5, 0.6) is 0 Å². The molecular weight excluding hydrogens is 394 g/mol. The van der Waals surface area contributed by atoms with Crippen molar-refractivity contribution < 1.29 is 18.7 Å². The number of esters is 1. The van der Waals surface area contributed by atoms with Crippen LogP contribution in [0.25, 0.3) is 11.5 Å². The van der Waals surface area contributed by atoms with Gasteiger partial charge in [0.15, 0.2) is 6.61 Å². The summed E-state index contributed by atoms with van der Waals surface area (Å²) in [5.74, 6) is 0.0703. The standard InChI is InChI=1S/C24H27N3O4/c1-15(2)17-5-7-18(8-6-17)22(16(3)4)26-21(28)13-30-24(29)20-11-9-19(10-12-20)23-27-25-14-31-23/h5-12,14-16,22H,13H2,1-4H3,(H,26,28)/t22-/m0/s1. The van der Waals surface area contributed by atoms with Gasteiger partial charge >= 0.3 is 5.97 Å². The molecular formula is C24H27N3O4. The fraction of sp³-hybridized carbons (Fsp3) is 0.333. The zero-order chi connectivity index (χ0) is 22.4. The summed E-state index contributed by atoms with van der Waals surface area (Å²) in [5.41, 5.74) is 3.29. The highest BCUT2D eigenvalue weighted by Gasteiger charge is 2.20. The first-order valence-corrected chi connectivity index (χ1v) is 10.3. The van der Waals surface area contributed by atoms with E-state index in [-0.39, 0.29) is 24.5 Å². The van der Waals surface area contributed by atoms with Gasteiger partial charge in [0.25, 0.3) is 5.91 Å². The van der Waals surface area contributed by atoms with Crippen LogP contribution in [-0.4, -0.2) is 28.7 Å². The van der Waals surface area contributed by atoms with Crippen molar-refractivity contribution >= 4 is 11.9 Å². The maximum Gasteiger partial charge on any atom is 0.338 e. The van der Waals surface area contributed by atoms with Crippen LogP contribution >= 0.6 is 0 Å².